The van der Waals surface area contributed by atoms with E-state index in [9.17, 15) is 9.59 Å². The number of rotatable bonds is 3. The van der Waals surface area contributed by atoms with Crippen LogP contribution in [0.15, 0.2) is 6.07 Å². The first-order valence-electron chi connectivity index (χ1n) is 5.30. The van der Waals surface area contributed by atoms with Crippen LogP contribution in [0.1, 0.15) is 21.7 Å². The van der Waals surface area contributed by atoms with Gasteiger partial charge in [-0.3, -0.25) is 4.79 Å². The molecule has 1 saturated heterocycles. The van der Waals surface area contributed by atoms with Crippen molar-refractivity contribution < 1.29 is 14.7 Å². The van der Waals surface area contributed by atoms with Crippen LogP contribution in [0.5, 0.6) is 0 Å². The molecule has 1 aromatic heterocycles. The number of anilines is 1. The standard InChI is InChI=1S/C11H13NO3S2/c1-6-4-8(17-9(6)11(14)15)12-10(13)7-2-3-16-5-7/h4,7H,2-3,5H2,1H3,(H,12,13)(H,14,15). The van der Waals surface area contributed by atoms with Gasteiger partial charge in [-0.2, -0.15) is 11.8 Å². The first kappa shape index (κ1) is 12.4. The van der Waals surface area contributed by atoms with Crippen LogP contribution in [-0.4, -0.2) is 28.5 Å². The Bertz CT molecular complexity index is 450. The van der Waals surface area contributed by atoms with Crippen molar-refractivity contribution in [1.29, 1.82) is 0 Å². The van der Waals surface area contributed by atoms with E-state index in [4.69, 9.17) is 5.11 Å². The molecular formula is C11H13NO3S2. The second kappa shape index (κ2) is 5.10. The van der Waals surface area contributed by atoms with Crippen LogP contribution in [0.25, 0.3) is 0 Å². The smallest absolute Gasteiger partial charge is 0.346 e. The number of hydrogen-bond acceptors (Lipinski definition) is 4. The molecule has 4 nitrogen and oxygen atoms in total. The molecular weight excluding hydrogens is 258 g/mol. The molecule has 1 aromatic rings. The van der Waals surface area contributed by atoms with E-state index in [1.807, 2.05) is 0 Å². The maximum atomic E-state index is 11.8. The van der Waals surface area contributed by atoms with Gasteiger partial charge in [0.15, 0.2) is 0 Å². The fourth-order valence-electron chi connectivity index (χ4n) is 1.72. The number of thiophene rings is 1. The first-order chi connectivity index (χ1) is 8.08. The maximum absolute atomic E-state index is 11.8. The van der Waals surface area contributed by atoms with Crippen molar-refractivity contribution in [3.8, 4) is 0 Å². The number of carbonyl (C=O) groups is 2. The van der Waals surface area contributed by atoms with Gasteiger partial charge in [0.2, 0.25) is 5.91 Å². The summed E-state index contributed by atoms with van der Waals surface area (Å²) in [6, 6.07) is 1.72. The summed E-state index contributed by atoms with van der Waals surface area (Å²) < 4.78 is 0. The lowest BCUT2D eigenvalue weighted by atomic mass is 10.1. The summed E-state index contributed by atoms with van der Waals surface area (Å²) in [4.78, 5) is 23.0. The number of nitrogens with one attached hydrogen (secondary N) is 1. The fraction of sp³-hybridized carbons (Fsp3) is 0.455. The van der Waals surface area contributed by atoms with Crippen molar-refractivity contribution in [2.75, 3.05) is 16.8 Å². The predicted molar refractivity (Wildman–Crippen MR) is 70.1 cm³/mol. The summed E-state index contributed by atoms with van der Waals surface area (Å²) in [6.45, 7) is 1.74. The molecule has 92 valence electrons. The molecule has 17 heavy (non-hydrogen) atoms. The minimum absolute atomic E-state index is 0.00758. The van der Waals surface area contributed by atoms with Gasteiger partial charge in [0, 0.05) is 11.7 Å². The summed E-state index contributed by atoms with van der Waals surface area (Å²) >= 11 is 2.90. The number of aromatic carboxylic acids is 1. The molecule has 1 unspecified atom stereocenters. The lowest BCUT2D eigenvalue weighted by Crippen LogP contribution is -2.21. The van der Waals surface area contributed by atoms with Gasteiger partial charge >= 0.3 is 5.97 Å². The lowest BCUT2D eigenvalue weighted by Gasteiger charge is -2.07. The Morgan fingerprint density at radius 3 is 2.82 bits per heavy atom. The highest BCUT2D eigenvalue weighted by molar-refractivity contribution is 7.99. The Morgan fingerprint density at radius 2 is 2.29 bits per heavy atom. The fourth-order valence-corrected chi connectivity index (χ4v) is 3.86. The van der Waals surface area contributed by atoms with Crippen LogP contribution in [0.3, 0.4) is 0 Å². The van der Waals surface area contributed by atoms with E-state index >= 15 is 0 Å². The zero-order valence-electron chi connectivity index (χ0n) is 9.36. The molecule has 2 N–H and O–H groups in total. The van der Waals surface area contributed by atoms with Crippen LogP contribution in [0, 0.1) is 12.8 Å². The lowest BCUT2D eigenvalue weighted by molar-refractivity contribution is -0.119. The molecule has 0 spiro atoms. The Labute approximate surface area is 107 Å². The molecule has 1 aliphatic rings. The van der Waals surface area contributed by atoms with E-state index in [1.165, 1.54) is 0 Å². The third kappa shape index (κ3) is 2.81. The number of carboxylic acid groups (broad SMARTS) is 1. The van der Waals surface area contributed by atoms with E-state index in [-0.39, 0.29) is 11.8 Å². The Balaban J connectivity index is 2.05. The molecule has 0 bridgehead atoms. The number of aryl methyl sites for hydroxylation is 1. The van der Waals surface area contributed by atoms with E-state index in [1.54, 1.807) is 24.8 Å². The van der Waals surface area contributed by atoms with Crippen molar-refractivity contribution in [3.05, 3.63) is 16.5 Å². The maximum Gasteiger partial charge on any atom is 0.346 e. The minimum atomic E-state index is -0.940. The summed E-state index contributed by atoms with van der Waals surface area (Å²) in [7, 11) is 0. The van der Waals surface area contributed by atoms with E-state index < -0.39 is 5.97 Å². The summed E-state index contributed by atoms with van der Waals surface area (Å²) in [5.74, 6) is 1.03. The van der Waals surface area contributed by atoms with Gasteiger partial charge in [-0.15, -0.1) is 11.3 Å². The van der Waals surface area contributed by atoms with Gasteiger partial charge in [-0.1, -0.05) is 0 Å². The van der Waals surface area contributed by atoms with E-state index in [2.05, 4.69) is 5.32 Å². The third-order valence-electron chi connectivity index (χ3n) is 2.66. The van der Waals surface area contributed by atoms with Crippen LogP contribution < -0.4 is 5.32 Å². The Kier molecular flexibility index (Phi) is 3.73. The van der Waals surface area contributed by atoms with Gasteiger partial charge in [-0.25, -0.2) is 4.79 Å². The van der Waals surface area contributed by atoms with Gasteiger partial charge in [0.05, 0.1) is 5.00 Å². The number of hydrogen-bond donors (Lipinski definition) is 2. The number of amides is 1. The predicted octanol–water partition coefficient (Wildman–Crippen LogP) is 2.45. The molecule has 0 aliphatic carbocycles. The molecule has 1 amide bonds. The average Bonchev–Trinajstić information content (AvgIpc) is 2.86. The second-order valence-corrected chi connectivity index (χ2v) is 6.18. The molecule has 6 heteroatoms. The number of carboxylic acids is 1. The van der Waals surface area contributed by atoms with E-state index in [0.29, 0.717) is 15.4 Å². The van der Waals surface area contributed by atoms with Crippen LogP contribution in [-0.2, 0) is 4.79 Å². The molecule has 2 heterocycles. The molecule has 0 saturated carbocycles. The normalized spacial score (nSPS) is 19.2. The van der Waals surface area contributed by atoms with Gasteiger partial charge in [0.1, 0.15) is 4.88 Å². The summed E-state index contributed by atoms with van der Waals surface area (Å²) in [5, 5.41) is 12.3. The van der Waals surface area contributed by atoms with Crippen molar-refractivity contribution in [1.82, 2.24) is 0 Å². The van der Waals surface area contributed by atoms with Gasteiger partial charge in [-0.05, 0) is 30.7 Å². The highest BCUT2D eigenvalue weighted by Gasteiger charge is 2.24. The summed E-state index contributed by atoms with van der Waals surface area (Å²) in [6.07, 6.45) is 0.909. The van der Waals surface area contributed by atoms with Crippen molar-refractivity contribution in [2.45, 2.75) is 13.3 Å². The SMILES string of the molecule is Cc1cc(NC(=O)C2CCSC2)sc1C(=O)O. The van der Waals surface area contributed by atoms with E-state index in [0.717, 1.165) is 29.3 Å². The molecule has 0 aromatic carbocycles. The number of carbonyl (C=O) groups excluding carboxylic acids is 1. The van der Waals surface area contributed by atoms with Crippen molar-refractivity contribution in [3.63, 3.8) is 0 Å². The second-order valence-electron chi connectivity index (χ2n) is 3.98. The quantitative estimate of drug-likeness (QED) is 0.886. The topological polar surface area (TPSA) is 66.4 Å². The molecule has 2 rings (SSSR count). The third-order valence-corrected chi connectivity index (χ3v) is 4.96. The van der Waals surface area contributed by atoms with Crippen molar-refractivity contribution in [2.24, 2.45) is 5.92 Å². The highest BCUT2D eigenvalue weighted by Crippen LogP contribution is 2.29. The summed E-state index contributed by atoms with van der Waals surface area (Å²) in [5.41, 5.74) is 0.693. The molecule has 1 aliphatic heterocycles. The van der Waals surface area contributed by atoms with Crippen molar-refractivity contribution >= 4 is 40.0 Å². The first-order valence-corrected chi connectivity index (χ1v) is 7.27. The van der Waals surface area contributed by atoms with Crippen LogP contribution >= 0.6 is 23.1 Å². The van der Waals surface area contributed by atoms with Crippen LogP contribution in [0.2, 0.25) is 0 Å². The zero-order valence-corrected chi connectivity index (χ0v) is 11.0. The zero-order chi connectivity index (χ0) is 12.4. The monoisotopic (exact) mass is 271 g/mol. The molecule has 1 atom stereocenters. The average molecular weight is 271 g/mol. The van der Waals surface area contributed by atoms with Gasteiger partial charge in [0.25, 0.3) is 0 Å². The van der Waals surface area contributed by atoms with Crippen LogP contribution in [0.4, 0.5) is 5.00 Å². The molecule has 0 radical (unpaired) electrons. The Morgan fingerprint density at radius 1 is 1.53 bits per heavy atom. The van der Waals surface area contributed by atoms with Gasteiger partial charge < -0.3 is 10.4 Å². The highest BCUT2D eigenvalue weighted by atomic mass is 32.2. The minimum Gasteiger partial charge on any atom is -0.477 e. The largest absolute Gasteiger partial charge is 0.477 e. The molecule has 1 fully saturated rings. The Hall–Kier alpha value is -1.01. The number of thioether (sulfide) groups is 1.